The highest BCUT2D eigenvalue weighted by Gasteiger charge is 1.95. The molecular weight excluding hydrogens is 152 g/mol. The average molecular weight is 158 g/mol. The van der Waals surface area contributed by atoms with E-state index in [-0.39, 0.29) is 6.61 Å². The summed E-state index contributed by atoms with van der Waals surface area (Å²) in [6, 6.07) is 0. The van der Waals surface area contributed by atoms with Crippen molar-refractivity contribution in [2.24, 2.45) is 0 Å². The molecule has 0 aromatic heterocycles. The van der Waals surface area contributed by atoms with Gasteiger partial charge in [0.2, 0.25) is 0 Å². The second-order valence-electron chi connectivity index (χ2n) is 1.47. The van der Waals surface area contributed by atoms with Gasteiger partial charge in [-0.1, -0.05) is 0 Å². The van der Waals surface area contributed by atoms with E-state index in [0.29, 0.717) is 12.4 Å². The van der Waals surface area contributed by atoms with Gasteiger partial charge in [0.25, 0.3) is 0 Å². The molecule has 0 aromatic carbocycles. The van der Waals surface area contributed by atoms with E-state index in [1.54, 1.807) is 0 Å². The van der Waals surface area contributed by atoms with Gasteiger partial charge < -0.3 is 9.84 Å². The lowest BCUT2D eigenvalue weighted by molar-refractivity contribution is -0.140. The number of carbonyl (C=O) groups is 3. The average Bonchev–Trinajstić information content (AvgIpc) is 1.97. The molecule has 0 fully saturated rings. The summed E-state index contributed by atoms with van der Waals surface area (Å²) in [4.78, 5) is 29.8. The van der Waals surface area contributed by atoms with Crippen LogP contribution >= 0.6 is 0 Å². The molecular formula is C6H6O5. The summed E-state index contributed by atoms with van der Waals surface area (Å²) >= 11 is 0. The van der Waals surface area contributed by atoms with Crippen LogP contribution in [0.25, 0.3) is 0 Å². The highest BCUT2D eigenvalue weighted by molar-refractivity contribution is 5.91. The van der Waals surface area contributed by atoms with Crippen molar-refractivity contribution in [2.45, 2.75) is 0 Å². The van der Waals surface area contributed by atoms with E-state index in [9.17, 15) is 14.4 Å². The van der Waals surface area contributed by atoms with Crippen LogP contribution in [0.1, 0.15) is 0 Å². The van der Waals surface area contributed by atoms with Crippen LogP contribution in [0, 0.1) is 0 Å². The molecule has 5 heteroatoms. The summed E-state index contributed by atoms with van der Waals surface area (Å²) < 4.78 is 4.18. The lowest BCUT2D eigenvalue weighted by Gasteiger charge is -1.91. The van der Waals surface area contributed by atoms with Gasteiger partial charge in [0.05, 0.1) is 0 Å². The molecule has 0 aliphatic heterocycles. The Morgan fingerprint density at radius 1 is 1.36 bits per heavy atom. The Hall–Kier alpha value is -1.65. The molecule has 0 bridgehead atoms. The highest BCUT2D eigenvalue weighted by atomic mass is 16.5. The standard InChI is InChI=1S/C6H6O5/c7-3-4-11-6(10)2-1-5(8)9/h1-3H,4H2,(H,8,9)/b2-1+. The second-order valence-corrected chi connectivity index (χ2v) is 1.47. The number of aldehydes is 1. The van der Waals surface area contributed by atoms with Gasteiger partial charge in [-0.15, -0.1) is 0 Å². The van der Waals surface area contributed by atoms with Crippen molar-refractivity contribution >= 4 is 18.2 Å². The number of hydrogen-bond donors (Lipinski definition) is 1. The Morgan fingerprint density at radius 3 is 2.45 bits per heavy atom. The Balaban J connectivity index is 3.68. The van der Waals surface area contributed by atoms with Gasteiger partial charge in [-0.3, -0.25) is 4.79 Å². The van der Waals surface area contributed by atoms with Gasteiger partial charge in [0.1, 0.15) is 6.61 Å². The summed E-state index contributed by atoms with van der Waals surface area (Å²) in [5, 5.41) is 8.02. The van der Waals surface area contributed by atoms with Gasteiger partial charge in [-0.25, -0.2) is 9.59 Å². The van der Waals surface area contributed by atoms with E-state index < -0.39 is 11.9 Å². The summed E-state index contributed by atoms with van der Waals surface area (Å²) in [6.45, 7) is -0.358. The Morgan fingerprint density at radius 2 is 2.00 bits per heavy atom. The molecule has 0 aromatic rings. The number of hydrogen-bond acceptors (Lipinski definition) is 4. The zero-order valence-electron chi connectivity index (χ0n) is 5.52. The molecule has 11 heavy (non-hydrogen) atoms. The first kappa shape index (κ1) is 9.35. The highest BCUT2D eigenvalue weighted by Crippen LogP contribution is 1.79. The fourth-order valence-corrected chi connectivity index (χ4v) is 0.304. The summed E-state index contributed by atoms with van der Waals surface area (Å²) in [7, 11) is 0. The van der Waals surface area contributed by atoms with Crippen molar-refractivity contribution < 1.29 is 24.2 Å². The topological polar surface area (TPSA) is 80.7 Å². The molecule has 0 aliphatic carbocycles. The minimum Gasteiger partial charge on any atom is -0.478 e. The number of carboxylic acids is 1. The van der Waals surface area contributed by atoms with E-state index in [2.05, 4.69) is 4.74 Å². The summed E-state index contributed by atoms with van der Waals surface area (Å²) in [6.07, 6.45) is 1.76. The molecule has 0 rings (SSSR count). The van der Waals surface area contributed by atoms with E-state index in [4.69, 9.17) is 5.11 Å². The van der Waals surface area contributed by atoms with Crippen LogP contribution < -0.4 is 0 Å². The van der Waals surface area contributed by atoms with Crippen molar-refractivity contribution in [3.63, 3.8) is 0 Å². The van der Waals surface area contributed by atoms with Crippen LogP contribution in [-0.4, -0.2) is 29.9 Å². The maximum atomic E-state index is 10.4. The summed E-state index contributed by atoms with van der Waals surface area (Å²) in [5.74, 6) is -2.09. The van der Waals surface area contributed by atoms with Crippen LogP contribution in [-0.2, 0) is 19.1 Å². The van der Waals surface area contributed by atoms with Gasteiger partial charge in [0.15, 0.2) is 6.29 Å². The quantitative estimate of drug-likeness (QED) is 0.334. The maximum absolute atomic E-state index is 10.4. The number of ether oxygens (including phenoxy) is 1. The number of carboxylic acid groups (broad SMARTS) is 1. The molecule has 0 atom stereocenters. The predicted octanol–water partition coefficient (Wildman–Crippen LogP) is -0.631. The van der Waals surface area contributed by atoms with Crippen LogP contribution in [0.2, 0.25) is 0 Å². The smallest absolute Gasteiger partial charge is 0.331 e. The minimum atomic E-state index is -1.24. The predicted molar refractivity (Wildman–Crippen MR) is 33.8 cm³/mol. The number of aliphatic carboxylic acids is 1. The van der Waals surface area contributed by atoms with Crippen molar-refractivity contribution in [2.75, 3.05) is 6.61 Å². The van der Waals surface area contributed by atoms with Gasteiger partial charge in [-0.2, -0.15) is 0 Å². The molecule has 5 nitrogen and oxygen atoms in total. The minimum absolute atomic E-state index is 0.358. The van der Waals surface area contributed by atoms with Crippen LogP contribution in [0.5, 0.6) is 0 Å². The number of rotatable bonds is 4. The fraction of sp³-hybridized carbons (Fsp3) is 0.167. The SMILES string of the molecule is O=CCOC(=O)/C=C/C(=O)O. The number of esters is 1. The zero-order chi connectivity index (χ0) is 8.69. The van der Waals surface area contributed by atoms with E-state index >= 15 is 0 Å². The Labute approximate surface area is 62.3 Å². The molecule has 0 spiro atoms. The second kappa shape index (κ2) is 5.16. The van der Waals surface area contributed by atoms with Crippen molar-refractivity contribution in [1.82, 2.24) is 0 Å². The largest absolute Gasteiger partial charge is 0.478 e. The molecule has 0 radical (unpaired) electrons. The third-order valence-electron chi connectivity index (χ3n) is 0.656. The van der Waals surface area contributed by atoms with Crippen LogP contribution in [0.15, 0.2) is 12.2 Å². The van der Waals surface area contributed by atoms with Crippen molar-refractivity contribution in [1.29, 1.82) is 0 Å². The number of carbonyl (C=O) groups excluding carboxylic acids is 2. The first-order chi connectivity index (χ1) is 5.16. The van der Waals surface area contributed by atoms with E-state index in [1.165, 1.54) is 0 Å². The van der Waals surface area contributed by atoms with Gasteiger partial charge in [0, 0.05) is 12.2 Å². The first-order valence-electron chi connectivity index (χ1n) is 2.68. The molecule has 0 aliphatic rings. The molecule has 0 heterocycles. The Kier molecular flexibility index (Phi) is 4.39. The molecule has 0 amide bonds. The van der Waals surface area contributed by atoms with Crippen molar-refractivity contribution in [3.8, 4) is 0 Å². The maximum Gasteiger partial charge on any atom is 0.331 e. The summed E-state index contributed by atoms with van der Waals surface area (Å²) in [5.41, 5.74) is 0. The molecule has 0 saturated heterocycles. The third-order valence-corrected chi connectivity index (χ3v) is 0.656. The zero-order valence-corrected chi connectivity index (χ0v) is 5.52. The van der Waals surface area contributed by atoms with Gasteiger partial charge >= 0.3 is 11.9 Å². The van der Waals surface area contributed by atoms with E-state index in [0.717, 1.165) is 6.08 Å². The molecule has 1 N–H and O–H groups in total. The van der Waals surface area contributed by atoms with Gasteiger partial charge in [-0.05, 0) is 0 Å². The first-order valence-corrected chi connectivity index (χ1v) is 2.68. The third kappa shape index (κ3) is 6.23. The van der Waals surface area contributed by atoms with Crippen LogP contribution in [0.4, 0.5) is 0 Å². The fourth-order valence-electron chi connectivity index (χ4n) is 0.304. The lowest BCUT2D eigenvalue weighted by atomic mass is 10.5. The molecule has 0 unspecified atom stereocenters. The Bertz CT molecular complexity index is 193. The van der Waals surface area contributed by atoms with E-state index in [1.807, 2.05) is 0 Å². The lowest BCUT2D eigenvalue weighted by Crippen LogP contribution is -2.03. The monoisotopic (exact) mass is 158 g/mol. The molecule has 60 valence electrons. The van der Waals surface area contributed by atoms with Crippen LogP contribution in [0.3, 0.4) is 0 Å². The van der Waals surface area contributed by atoms with Crippen molar-refractivity contribution in [3.05, 3.63) is 12.2 Å². The molecule has 0 saturated carbocycles. The normalized spacial score (nSPS) is 9.45.